The Labute approximate surface area is 118 Å². The first kappa shape index (κ1) is 14.8. The number of rotatable bonds is 7. The third-order valence-corrected chi connectivity index (χ3v) is 5.03. The van der Waals surface area contributed by atoms with E-state index in [-0.39, 0.29) is 6.10 Å². The van der Waals surface area contributed by atoms with Gasteiger partial charge in [-0.2, -0.15) is 0 Å². The van der Waals surface area contributed by atoms with Gasteiger partial charge in [-0.15, -0.1) is 0 Å². The highest BCUT2D eigenvalue weighted by atomic mass is 16.3. The van der Waals surface area contributed by atoms with Crippen LogP contribution in [-0.4, -0.2) is 11.2 Å². The van der Waals surface area contributed by atoms with Gasteiger partial charge in [-0.3, -0.25) is 0 Å². The van der Waals surface area contributed by atoms with E-state index in [1.165, 1.54) is 25.7 Å². The van der Waals surface area contributed by atoms with Gasteiger partial charge in [0, 0.05) is 0 Å². The Morgan fingerprint density at radius 2 is 2.00 bits per heavy atom. The van der Waals surface area contributed by atoms with Crippen LogP contribution in [-0.2, 0) is 0 Å². The molecule has 1 saturated carbocycles. The number of aliphatic hydroxyl groups excluding tert-OH is 1. The van der Waals surface area contributed by atoms with Crippen LogP contribution in [0.25, 0.3) is 0 Å². The molecule has 0 aromatic rings. The SMILES string of the molecule is CCC(O)C(C)CC1C=CC([C@@H](CC)C2CC2)=CC1. The summed E-state index contributed by atoms with van der Waals surface area (Å²) in [5.74, 6) is 2.84. The summed E-state index contributed by atoms with van der Waals surface area (Å²) in [4.78, 5) is 0. The van der Waals surface area contributed by atoms with Crippen molar-refractivity contribution in [3.63, 3.8) is 0 Å². The summed E-state index contributed by atoms with van der Waals surface area (Å²) < 4.78 is 0. The van der Waals surface area contributed by atoms with E-state index in [0.717, 1.165) is 24.7 Å². The standard InChI is InChI=1S/C18H30O/c1-4-17(16-10-11-16)15-8-6-14(7-9-15)12-13(3)18(19)5-2/h6,8-9,13-14,16-19H,4-5,7,10-12H2,1-3H3/t13?,14?,17-,18?/m1/s1. The minimum atomic E-state index is -0.131. The second-order valence-corrected chi connectivity index (χ2v) is 6.60. The van der Waals surface area contributed by atoms with Gasteiger partial charge in [-0.1, -0.05) is 39.0 Å². The maximum Gasteiger partial charge on any atom is 0.0563 e. The molecule has 2 rings (SSSR count). The van der Waals surface area contributed by atoms with Gasteiger partial charge in [-0.05, 0) is 67.8 Å². The van der Waals surface area contributed by atoms with Gasteiger partial charge in [0.05, 0.1) is 6.10 Å². The molecule has 0 aliphatic heterocycles. The van der Waals surface area contributed by atoms with Crippen molar-refractivity contribution >= 4 is 0 Å². The van der Waals surface area contributed by atoms with Crippen LogP contribution in [0.4, 0.5) is 0 Å². The van der Waals surface area contributed by atoms with E-state index in [1.807, 2.05) is 0 Å². The summed E-state index contributed by atoms with van der Waals surface area (Å²) in [6.45, 7) is 6.57. The van der Waals surface area contributed by atoms with E-state index in [9.17, 15) is 5.11 Å². The van der Waals surface area contributed by atoms with Crippen molar-refractivity contribution in [2.75, 3.05) is 0 Å². The summed E-state index contributed by atoms with van der Waals surface area (Å²) in [5, 5.41) is 9.88. The molecule has 2 aliphatic carbocycles. The monoisotopic (exact) mass is 262 g/mol. The van der Waals surface area contributed by atoms with Crippen molar-refractivity contribution in [1.29, 1.82) is 0 Å². The molecule has 0 radical (unpaired) electrons. The lowest BCUT2D eigenvalue weighted by Gasteiger charge is -2.25. The van der Waals surface area contributed by atoms with Crippen molar-refractivity contribution in [1.82, 2.24) is 0 Å². The predicted octanol–water partition coefficient (Wildman–Crippen LogP) is 4.72. The molecule has 108 valence electrons. The third-order valence-electron chi connectivity index (χ3n) is 5.03. The molecule has 0 amide bonds. The lowest BCUT2D eigenvalue weighted by atomic mass is 9.82. The summed E-state index contributed by atoms with van der Waals surface area (Å²) >= 11 is 0. The fourth-order valence-electron chi connectivity index (χ4n) is 3.51. The van der Waals surface area contributed by atoms with Crippen LogP contribution in [0.3, 0.4) is 0 Å². The van der Waals surface area contributed by atoms with Crippen molar-refractivity contribution in [3.8, 4) is 0 Å². The Bertz CT molecular complexity index is 338. The number of hydrogen-bond donors (Lipinski definition) is 1. The smallest absolute Gasteiger partial charge is 0.0563 e. The first-order valence-corrected chi connectivity index (χ1v) is 8.22. The van der Waals surface area contributed by atoms with Gasteiger partial charge in [0.1, 0.15) is 0 Å². The average molecular weight is 262 g/mol. The van der Waals surface area contributed by atoms with Crippen molar-refractivity contribution in [2.24, 2.45) is 23.7 Å². The quantitative estimate of drug-likeness (QED) is 0.703. The van der Waals surface area contributed by atoms with Crippen LogP contribution in [0.1, 0.15) is 59.3 Å². The molecule has 3 unspecified atom stereocenters. The maximum absolute atomic E-state index is 9.88. The molecule has 0 saturated heterocycles. The van der Waals surface area contributed by atoms with E-state index in [4.69, 9.17) is 0 Å². The fraction of sp³-hybridized carbons (Fsp3) is 0.778. The van der Waals surface area contributed by atoms with E-state index in [1.54, 1.807) is 5.57 Å². The molecular formula is C18H30O. The second kappa shape index (κ2) is 6.74. The number of aliphatic hydroxyl groups is 1. The van der Waals surface area contributed by atoms with Gasteiger partial charge in [0.25, 0.3) is 0 Å². The van der Waals surface area contributed by atoms with Crippen molar-refractivity contribution in [3.05, 3.63) is 23.8 Å². The van der Waals surface area contributed by atoms with Crippen molar-refractivity contribution < 1.29 is 5.11 Å². The highest BCUT2D eigenvalue weighted by Crippen LogP contribution is 2.43. The second-order valence-electron chi connectivity index (χ2n) is 6.60. The molecule has 1 N–H and O–H groups in total. The van der Waals surface area contributed by atoms with Crippen LogP contribution in [0.5, 0.6) is 0 Å². The van der Waals surface area contributed by atoms with E-state index in [2.05, 4.69) is 39.0 Å². The molecule has 19 heavy (non-hydrogen) atoms. The van der Waals surface area contributed by atoms with Gasteiger partial charge in [-0.25, -0.2) is 0 Å². The highest BCUT2D eigenvalue weighted by molar-refractivity contribution is 5.27. The number of allylic oxidation sites excluding steroid dienone is 4. The summed E-state index contributed by atoms with van der Waals surface area (Å²) in [6.07, 6.45) is 14.5. The molecule has 2 aliphatic rings. The fourth-order valence-corrected chi connectivity index (χ4v) is 3.51. The Morgan fingerprint density at radius 3 is 2.47 bits per heavy atom. The largest absolute Gasteiger partial charge is 0.393 e. The lowest BCUT2D eigenvalue weighted by molar-refractivity contribution is 0.102. The van der Waals surface area contributed by atoms with Crippen LogP contribution in [0.2, 0.25) is 0 Å². The zero-order valence-electron chi connectivity index (χ0n) is 12.8. The molecule has 4 atom stereocenters. The third kappa shape index (κ3) is 3.95. The molecule has 0 heterocycles. The van der Waals surface area contributed by atoms with Gasteiger partial charge >= 0.3 is 0 Å². The Kier molecular flexibility index (Phi) is 5.27. The Morgan fingerprint density at radius 1 is 1.26 bits per heavy atom. The molecule has 1 heteroatoms. The zero-order valence-corrected chi connectivity index (χ0v) is 12.8. The Hall–Kier alpha value is -0.560. The molecule has 1 nitrogen and oxygen atoms in total. The normalized spacial score (nSPS) is 27.8. The average Bonchev–Trinajstić information content (AvgIpc) is 3.25. The number of hydrogen-bond acceptors (Lipinski definition) is 1. The summed E-state index contributed by atoms with van der Waals surface area (Å²) in [7, 11) is 0. The van der Waals surface area contributed by atoms with Gasteiger partial charge in [0.15, 0.2) is 0 Å². The van der Waals surface area contributed by atoms with Crippen LogP contribution >= 0.6 is 0 Å². The van der Waals surface area contributed by atoms with E-state index in [0.29, 0.717) is 11.8 Å². The molecule has 0 aromatic heterocycles. The zero-order chi connectivity index (χ0) is 13.8. The molecule has 0 aromatic carbocycles. The predicted molar refractivity (Wildman–Crippen MR) is 81.9 cm³/mol. The minimum Gasteiger partial charge on any atom is -0.393 e. The van der Waals surface area contributed by atoms with Crippen LogP contribution in [0, 0.1) is 23.7 Å². The van der Waals surface area contributed by atoms with Crippen LogP contribution < -0.4 is 0 Å². The molecule has 0 bridgehead atoms. The Balaban J connectivity index is 1.84. The first-order chi connectivity index (χ1) is 9.15. The van der Waals surface area contributed by atoms with E-state index < -0.39 is 0 Å². The highest BCUT2D eigenvalue weighted by Gasteiger charge is 2.32. The molecule has 0 spiro atoms. The molecular weight excluding hydrogens is 232 g/mol. The van der Waals surface area contributed by atoms with Crippen LogP contribution in [0.15, 0.2) is 23.8 Å². The summed E-state index contributed by atoms with van der Waals surface area (Å²) in [5.41, 5.74) is 1.59. The van der Waals surface area contributed by atoms with E-state index >= 15 is 0 Å². The lowest BCUT2D eigenvalue weighted by Crippen LogP contribution is -2.20. The molecule has 1 fully saturated rings. The van der Waals surface area contributed by atoms with Crippen molar-refractivity contribution in [2.45, 2.75) is 65.4 Å². The summed E-state index contributed by atoms with van der Waals surface area (Å²) in [6, 6.07) is 0. The van der Waals surface area contributed by atoms with Gasteiger partial charge in [0.2, 0.25) is 0 Å². The maximum atomic E-state index is 9.88. The first-order valence-electron chi connectivity index (χ1n) is 8.22. The van der Waals surface area contributed by atoms with Gasteiger partial charge < -0.3 is 5.11 Å². The minimum absolute atomic E-state index is 0.131. The topological polar surface area (TPSA) is 20.2 Å².